The van der Waals surface area contributed by atoms with Gasteiger partial charge in [0.1, 0.15) is 5.75 Å². The third-order valence-corrected chi connectivity index (χ3v) is 4.53. The van der Waals surface area contributed by atoms with Crippen LogP contribution in [0, 0.1) is 5.41 Å². The molecule has 1 aliphatic heterocycles. The van der Waals surface area contributed by atoms with Gasteiger partial charge in [0.25, 0.3) is 0 Å². The molecule has 2 aromatic carbocycles. The number of benzene rings is 2. The SMILES string of the molecule is COc1ccc(CNC(=O)Nc2ccc(CN3CC(C)(C)C3)cc2)cc1. The Morgan fingerprint density at radius 2 is 1.65 bits per heavy atom. The van der Waals surface area contributed by atoms with E-state index in [0.29, 0.717) is 12.0 Å². The molecule has 26 heavy (non-hydrogen) atoms. The van der Waals surface area contributed by atoms with Gasteiger partial charge < -0.3 is 15.4 Å². The number of hydrogen-bond acceptors (Lipinski definition) is 3. The lowest BCUT2D eigenvalue weighted by Gasteiger charge is -2.46. The van der Waals surface area contributed by atoms with Crippen LogP contribution in [0.15, 0.2) is 48.5 Å². The molecule has 1 heterocycles. The second-order valence-corrected chi connectivity index (χ2v) is 7.66. The van der Waals surface area contributed by atoms with Crippen LogP contribution in [0.1, 0.15) is 25.0 Å². The molecular weight excluding hydrogens is 326 g/mol. The number of carbonyl (C=O) groups is 1. The Kier molecular flexibility index (Phi) is 5.47. The molecule has 5 heteroatoms. The number of carbonyl (C=O) groups excluding carboxylic acids is 1. The Hall–Kier alpha value is -2.53. The number of nitrogens with zero attached hydrogens (tertiary/aromatic N) is 1. The Morgan fingerprint density at radius 3 is 2.23 bits per heavy atom. The molecule has 0 bridgehead atoms. The number of nitrogens with one attached hydrogen (secondary N) is 2. The van der Waals surface area contributed by atoms with E-state index in [9.17, 15) is 4.79 Å². The molecule has 1 saturated heterocycles. The van der Waals surface area contributed by atoms with Gasteiger partial charge in [0.15, 0.2) is 0 Å². The van der Waals surface area contributed by atoms with Crippen LogP contribution in [0.2, 0.25) is 0 Å². The highest BCUT2D eigenvalue weighted by Crippen LogP contribution is 2.30. The van der Waals surface area contributed by atoms with E-state index >= 15 is 0 Å². The van der Waals surface area contributed by atoms with Crippen LogP contribution in [-0.4, -0.2) is 31.1 Å². The molecule has 1 fully saturated rings. The fourth-order valence-electron chi connectivity index (χ4n) is 3.33. The summed E-state index contributed by atoms with van der Waals surface area (Å²) < 4.78 is 5.13. The summed E-state index contributed by atoms with van der Waals surface area (Å²) in [5.74, 6) is 0.806. The molecule has 0 unspecified atom stereocenters. The van der Waals surface area contributed by atoms with Gasteiger partial charge in [-0.3, -0.25) is 4.90 Å². The van der Waals surface area contributed by atoms with Crippen LogP contribution in [0.3, 0.4) is 0 Å². The zero-order chi connectivity index (χ0) is 18.6. The van der Waals surface area contributed by atoms with Gasteiger partial charge in [-0.2, -0.15) is 0 Å². The molecule has 0 atom stereocenters. The van der Waals surface area contributed by atoms with Crippen molar-refractivity contribution in [1.82, 2.24) is 10.2 Å². The molecule has 0 aromatic heterocycles. The third kappa shape index (κ3) is 4.99. The lowest BCUT2D eigenvalue weighted by molar-refractivity contribution is 0.0242. The molecule has 1 aliphatic rings. The number of likely N-dealkylation sites (tertiary alicyclic amines) is 1. The van der Waals surface area contributed by atoms with Crippen molar-refractivity contribution < 1.29 is 9.53 Å². The molecule has 2 N–H and O–H groups in total. The second-order valence-electron chi connectivity index (χ2n) is 7.66. The quantitative estimate of drug-likeness (QED) is 0.829. The first kappa shape index (κ1) is 18.3. The topological polar surface area (TPSA) is 53.6 Å². The minimum atomic E-state index is -0.210. The Morgan fingerprint density at radius 1 is 1.04 bits per heavy atom. The van der Waals surface area contributed by atoms with Crippen molar-refractivity contribution in [2.24, 2.45) is 5.41 Å². The summed E-state index contributed by atoms with van der Waals surface area (Å²) >= 11 is 0. The molecule has 0 saturated carbocycles. The standard InChI is InChI=1S/C21H27N3O2/c1-21(2)14-24(15-21)13-17-4-8-18(9-5-17)23-20(25)22-12-16-6-10-19(26-3)11-7-16/h4-11H,12-15H2,1-3H3,(H2,22,23,25). The van der Waals surface area contributed by atoms with E-state index in [4.69, 9.17) is 4.74 Å². The van der Waals surface area contributed by atoms with Crippen molar-refractivity contribution >= 4 is 11.7 Å². The van der Waals surface area contributed by atoms with E-state index in [2.05, 4.69) is 41.5 Å². The fourth-order valence-corrected chi connectivity index (χ4v) is 3.33. The van der Waals surface area contributed by atoms with Crippen molar-refractivity contribution in [3.63, 3.8) is 0 Å². The third-order valence-electron chi connectivity index (χ3n) is 4.53. The van der Waals surface area contributed by atoms with Crippen molar-refractivity contribution in [3.05, 3.63) is 59.7 Å². The molecule has 0 spiro atoms. The van der Waals surface area contributed by atoms with Crippen LogP contribution >= 0.6 is 0 Å². The van der Waals surface area contributed by atoms with E-state index in [0.717, 1.165) is 36.6 Å². The molecule has 3 rings (SSSR count). The zero-order valence-corrected chi connectivity index (χ0v) is 15.7. The number of anilines is 1. The summed E-state index contributed by atoms with van der Waals surface area (Å²) in [6, 6.07) is 15.5. The highest BCUT2D eigenvalue weighted by molar-refractivity contribution is 5.89. The van der Waals surface area contributed by atoms with Crippen LogP contribution in [0.25, 0.3) is 0 Å². The van der Waals surface area contributed by atoms with E-state index in [-0.39, 0.29) is 6.03 Å². The maximum atomic E-state index is 12.0. The first-order valence-electron chi connectivity index (χ1n) is 8.93. The molecule has 2 amide bonds. The second kappa shape index (κ2) is 7.79. The summed E-state index contributed by atoms with van der Waals surface area (Å²) in [6.07, 6.45) is 0. The average Bonchev–Trinajstić information content (AvgIpc) is 2.60. The van der Waals surface area contributed by atoms with Gasteiger partial charge in [-0.1, -0.05) is 38.1 Å². The summed E-state index contributed by atoms with van der Waals surface area (Å²) in [7, 11) is 1.64. The van der Waals surface area contributed by atoms with Crippen molar-refractivity contribution in [2.45, 2.75) is 26.9 Å². The van der Waals surface area contributed by atoms with Crippen LogP contribution in [0.5, 0.6) is 5.75 Å². The lowest BCUT2D eigenvalue weighted by Crippen LogP contribution is -2.52. The van der Waals surface area contributed by atoms with Crippen LogP contribution in [-0.2, 0) is 13.1 Å². The first-order valence-corrected chi connectivity index (χ1v) is 8.93. The predicted molar refractivity (Wildman–Crippen MR) is 104 cm³/mol. The summed E-state index contributed by atoms with van der Waals surface area (Å²) in [5.41, 5.74) is 3.53. The zero-order valence-electron chi connectivity index (χ0n) is 15.7. The van der Waals surface area contributed by atoms with Gasteiger partial charge in [-0.15, -0.1) is 0 Å². The predicted octanol–water partition coefficient (Wildman–Crippen LogP) is 3.86. The Balaban J connectivity index is 1.43. The number of hydrogen-bond donors (Lipinski definition) is 2. The molecule has 2 aromatic rings. The first-order chi connectivity index (χ1) is 12.4. The van der Waals surface area contributed by atoms with Crippen LogP contribution < -0.4 is 15.4 Å². The van der Waals surface area contributed by atoms with E-state index < -0.39 is 0 Å². The fraction of sp³-hybridized carbons (Fsp3) is 0.381. The van der Waals surface area contributed by atoms with E-state index in [1.54, 1.807) is 7.11 Å². The average molecular weight is 353 g/mol. The number of ether oxygens (including phenoxy) is 1. The van der Waals surface area contributed by atoms with E-state index in [1.165, 1.54) is 5.56 Å². The monoisotopic (exact) mass is 353 g/mol. The van der Waals surface area contributed by atoms with Gasteiger partial charge in [0, 0.05) is 31.9 Å². The Bertz CT molecular complexity index is 731. The van der Waals surface area contributed by atoms with Gasteiger partial charge >= 0.3 is 6.03 Å². The molecule has 0 radical (unpaired) electrons. The summed E-state index contributed by atoms with van der Waals surface area (Å²) in [4.78, 5) is 14.5. The largest absolute Gasteiger partial charge is 0.497 e. The number of methoxy groups -OCH3 is 1. The minimum absolute atomic E-state index is 0.210. The smallest absolute Gasteiger partial charge is 0.319 e. The number of rotatable bonds is 6. The van der Waals surface area contributed by atoms with Gasteiger partial charge in [-0.25, -0.2) is 4.79 Å². The number of urea groups is 1. The number of amides is 2. The molecule has 5 nitrogen and oxygen atoms in total. The van der Waals surface area contributed by atoms with Crippen LogP contribution in [0.4, 0.5) is 10.5 Å². The lowest BCUT2D eigenvalue weighted by atomic mass is 9.84. The maximum absolute atomic E-state index is 12.0. The maximum Gasteiger partial charge on any atom is 0.319 e. The highest BCUT2D eigenvalue weighted by atomic mass is 16.5. The van der Waals surface area contributed by atoms with E-state index in [1.807, 2.05) is 36.4 Å². The van der Waals surface area contributed by atoms with Gasteiger partial charge in [-0.05, 0) is 40.8 Å². The molecule has 138 valence electrons. The van der Waals surface area contributed by atoms with Gasteiger partial charge in [0.2, 0.25) is 0 Å². The summed E-state index contributed by atoms with van der Waals surface area (Å²) in [5, 5.41) is 5.73. The normalized spacial score (nSPS) is 15.8. The Labute approximate surface area is 155 Å². The van der Waals surface area contributed by atoms with Crippen molar-refractivity contribution in [3.8, 4) is 5.75 Å². The van der Waals surface area contributed by atoms with Crippen molar-refractivity contribution in [2.75, 3.05) is 25.5 Å². The minimum Gasteiger partial charge on any atom is -0.497 e. The molecular formula is C21H27N3O2. The summed E-state index contributed by atoms with van der Waals surface area (Å²) in [6.45, 7) is 8.30. The highest BCUT2D eigenvalue weighted by Gasteiger charge is 2.33. The van der Waals surface area contributed by atoms with Gasteiger partial charge in [0.05, 0.1) is 7.11 Å². The van der Waals surface area contributed by atoms with Crippen molar-refractivity contribution in [1.29, 1.82) is 0 Å². The molecule has 0 aliphatic carbocycles.